The molecule has 0 spiro atoms. The number of amides is 1. The van der Waals surface area contributed by atoms with Crippen LogP contribution in [0, 0.1) is 5.92 Å². The highest BCUT2D eigenvalue weighted by molar-refractivity contribution is 7.91. The summed E-state index contributed by atoms with van der Waals surface area (Å²) in [5.41, 5.74) is 0. The van der Waals surface area contributed by atoms with Crippen molar-refractivity contribution in [3.05, 3.63) is 17.5 Å². The van der Waals surface area contributed by atoms with Gasteiger partial charge >= 0.3 is 5.97 Å². The highest BCUT2D eigenvalue weighted by Gasteiger charge is 2.34. The number of carbonyl (C=O) groups excluding carboxylic acids is 2. The predicted octanol–water partition coefficient (Wildman–Crippen LogP) is 2.14. The van der Waals surface area contributed by atoms with Crippen molar-refractivity contribution in [3.8, 4) is 0 Å². The van der Waals surface area contributed by atoms with Crippen molar-refractivity contribution in [1.29, 1.82) is 0 Å². The second-order valence-electron chi connectivity index (χ2n) is 7.18. The summed E-state index contributed by atoms with van der Waals surface area (Å²) in [6.07, 6.45) is 4.16. The molecule has 1 atom stereocenters. The molecule has 150 valence electrons. The highest BCUT2D eigenvalue weighted by Crippen LogP contribution is 2.27. The summed E-state index contributed by atoms with van der Waals surface area (Å²) in [5, 5.41) is 4.66. The van der Waals surface area contributed by atoms with Crippen molar-refractivity contribution >= 4 is 33.2 Å². The molecule has 3 rings (SSSR count). The first kappa shape index (κ1) is 20.3. The van der Waals surface area contributed by atoms with Crippen molar-refractivity contribution in [2.45, 2.75) is 61.8 Å². The lowest BCUT2D eigenvalue weighted by molar-refractivity contribution is -0.160. The fourth-order valence-corrected chi connectivity index (χ4v) is 6.20. The molecule has 27 heavy (non-hydrogen) atoms. The number of carbonyl (C=O) groups is 2. The van der Waals surface area contributed by atoms with Gasteiger partial charge in [0.05, 0.1) is 5.92 Å². The molecule has 1 saturated heterocycles. The quantitative estimate of drug-likeness (QED) is 0.720. The molecule has 1 aromatic rings. The Hall–Kier alpha value is -1.45. The van der Waals surface area contributed by atoms with Gasteiger partial charge in [0, 0.05) is 19.1 Å². The zero-order valence-electron chi connectivity index (χ0n) is 15.4. The summed E-state index contributed by atoms with van der Waals surface area (Å²) in [5.74, 6) is -1.05. The fraction of sp³-hybridized carbons (Fsp3) is 0.667. The first-order valence-corrected chi connectivity index (χ1v) is 11.7. The number of piperidine rings is 1. The van der Waals surface area contributed by atoms with Crippen LogP contribution in [0.2, 0.25) is 0 Å². The van der Waals surface area contributed by atoms with Crippen molar-refractivity contribution in [3.63, 3.8) is 0 Å². The number of nitrogens with one attached hydrogen (secondary N) is 1. The second kappa shape index (κ2) is 8.70. The third kappa shape index (κ3) is 4.89. The van der Waals surface area contributed by atoms with Gasteiger partial charge in [0.2, 0.25) is 0 Å². The molecular formula is C18H26N2O5S2. The smallest absolute Gasteiger partial charge is 0.309 e. The molecule has 1 amide bonds. The lowest BCUT2D eigenvalue weighted by Crippen LogP contribution is -2.43. The van der Waals surface area contributed by atoms with E-state index in [-0.39, 0.29) is 31.0 Å². The number of thiophene rings is 1. The Morgan fingerprint density at radius 3 is 2.48 bits per heavy atom. The first-order valence-electron chi connectivity index (χ1n) is 9.42. The Labute approximate surface area is 164 Å². The van der Waals surface area contributed by atoms with Crippen LogP contribution in [0.3, 0.4) is 0 Å². The third-order valence-electron chi connectivity index (χ3n) is 5.24. The van der Waals surface area contributed by atoms with E-state index < -0.39 is 22.1 Å². The van der Waals surface area contributed by atoms with Gasteiger partial charge in [-0.2, -0.15) is 4.31 Å². The van der Waals surface area contributed by atoms with Crippen molar-refractivity contribution < 1.29 is 22.7 Å². The summed E-state index contributed by atoms with van der Waals surface area (Å²) in [6, 6.07) is 3.48. The maximum absolute atomic E-state index is 12.5. The average Bonchev–Trinajstić information content (AvgIpc) is 3.35. The maximum atomic E-state index is 12.5. The molecule has 7 nitrogen and oxygen atoms in total. The van der Waals surface area contributed by atoms with Gasteiger partial charge in [-0.15, -0.1) is 11.3 Å². The lowest BCUT2D eigenvalue weighted by atomic mass is 9.98. The molecule has 2 fully saturated rings. The zero-order valence-corrected chi connectivity index (χ0v) is 17.1. The number of hydrogen-bond donors (Lipinski definition) is 1. The Morgan fingerprint density at radius 2 is 1.89 bits per heavy atom. The minimum Gasteiger partial charge on any atom is -0.452 e. The van der Waals surface area contributed by atoms with Gasteiger partial charge in [0.1, 0.15) is 4.21 Å². The molecule has 0 unspecified atom stereocenters. The molecule has 1 aliphatic carbocycles. The van der Waals surface area contributed by atoms with Crippen LogP contribution >= 0.6 is 11.3 Å². The van der Waals surface area contributed by atoms with Gasteiger partial charge in [-0.3, -0.25) is 9.59 Å². The molecule has 1 saturated carbocycles. The summed E-state index contributed by atoms with van der Waals surface area (Å²) in [6.45, 7) is 2.14. The summed E-state index contributed by atoms with van der Waals surface area (Å²) >= 11 is 1.19. The zero-order chi connectivity index (χ0) is 19.4. The van der Waals surface area contributed by atoms with Gasteiger partial charge in [0.25, 0.3) is 15.9 Å². The van der Waals surface area contributed by atoms with E-state index in [1.807, 2.05) is 0 Å². The maximum Gasteiger partial charge on any atom is 0.309 e. The molecule has 0 aromatic carbocycles. The standard InChI is InChI=1S/C18H26N2O5S2/c1-13(17(21)19-15-5-2-3-6-15)25-18(22)14-8-10-20(11-9-14)27(23,24)16-7-4-12-26-16/h4,7,12-15H,2-3,5-6,8-11H2,1H3,(H,19,21)/t13-/m1/s1. The number of hydrogen-bond acceptors (Lipinski definition) is 6. The Kier molecular flexibility index (Phi) is 6.54. The van der Waals surface area contributed by atoms with Crippen molar-refractivity contribution in [2.75, 3.05) is 13.1 Å². The molecular weight excluding hydrogens is 388 g/mol. The topological polar surface area (TPSA) is 92.8 Å². The number of nitrogens with zero attached hydrogens (tertiary/aromatic N) is 1. The Morgan fingerprint density at radius 1 is 1.22 bits per heavy atom. The second-order valence-corrected chi connectivity index (χ2v) is 10.3. The van der Waals surface area contributed by atoms with E-state index >= 15 is 0 Å². The van der Waals surface area contributed by atoms with E-state index in [1.165, 1.54) is 15.6 Å². The van der Waals surface area contributed by atoms with Gasteiger partial charge in [-0.25, -0.2) is 8.42 Å². The summed E-state index contributed by atoms with van der Waals surface area (Å²) in [7, 11) is -3.48. The van der Waals surface area contributed by atoms with Crippen molar-refractivity contribution in [2.24, 2.45) is 5.92 Å². The van der Waals surface area contributed by atoms with Crippen LogP contribution in [0.4, 0.5) is 0 Å². The fourth-order valence-electron chi connectivity index (χ4n) is 3.58. The number of esters is 1. The lowest BCUT2D eigenvalue weighted by Gasteiger charge is -2.30. The molecule has 1 aliphatic heterocycles. The normalized spacial score (nSPS) is 21.1. The largest absolute Gasteiger partial charge is 0.452 e. The van der Waals surface area contributed by atoms with E-state index in [0.29, 0.717) is 17.1 Å². The third-order valence-corrected chi connectivity index (χ3v) is 8.51. The number of rotatable bonds is 6. The predicted molar refractivity (Wildman–Crippen MR) is 102 cm³/mol. The van der Waals surface area contributed by atoms with E-state index in [9.17, 15) is 18.0 Å². The first-order chi connectivity index (χ1) is 12.9. The average molecular weight is 415 g/mol. The van der Waals surface area contributed by atoms with Gasteiger partial charge < -0.3 is 10.1 Å². The summed E-state index contributed by atoms with van der Waals surface area (Å²) in [4.78, 5) is 24.5. The van der Waals surface area contributed by atoms with Crippen LogP contribution < -0.4 is 5.32 Å². The SMILES string of the molecule is C[C@@H](OC(=O)C1CCN(S(=O)(=O)c2cccs2)CC1)C(=O)NC1CCCC1. The minimum absolute atomic E-state index is 0.185. The Balaban J connectivity index is 1.47. The molecule has 9 heteroatoms. The van der Waals surface area contributed by atoms with Crippen LogP contribution in [0.5, 0.6) is 0 Å². The molecule has 0 bridgehead atoms. The van der Waals surface area contributed by atoms with Gasteiger partial charge in [0.15, 0.2) is 6.10 Å². The summed E-state index contributed by atoms with van der Waals surface area (Å²) < 4.78 is 32.1. The van der Waals surface area contributed by atoms with Crippen LogP contribution in [-0.2, 0) is 24.3 Å². The molecule has 1 N–H and O–H groups in total. The van der Waals surface area contributed by atoms with E-state index in [4.69, 9.17) is 4.74 Å². The molecule has 0 radical (unpaired) electrons. The van der Waals surface area contributed by atoms with Crippen LogP contribution in [0.25, 0.3) is 0 Å². The van der Waals surface area contributed by atoms with Gasteiger partial charge in [-0.1, -0.05) is 18.9 Å². The number of ether oxygens (including phenoxy) is 1. The van der Waals surface area contributed by atoms with Gasteiger partial charge in [-0.05, 0) is 44.1 Å². The van der Waals surface area contributed by atoms with E-state index in [1.54, 1.807) is 24.4 Å². The number of sulfonamides is 1. The Bertz CT molecular complexity index is 749. The monoisotopic (exact) mass is 414 g/mol. The van der Waals surface area contributed by atoms with E-state index in [0.717, 1.165) is 25.7 Å². The van der Waals surface area contributed by atoms with E-state index in [2.05, 4.69) is 5.32 Å². The van der Waals surface area contributed by atoms with Crippen LogP contribution in [-0.4, -0.2) is 49.8 Å². The van der Waals surface area contributed by atoms with Crippen LogP contribution in [0.1, 0.15) is 45.4 Å². The molecule has 2 heterocycles. The van der Waals surface area contributed by atoms with Crippen molar-refractivity contribution in [1.82, 2.24) is 9.62 Å². The minimum atomic E-state index is -3.48. The van der Waals surface area contributed by atoms with Crippen LogP contribution in [0.15, 0.2) is 21.7 Å². The molecule has 1 aromatic heterocycles. The molecule has 2 aliphatic rings. The highest BCUT2D eigenvalue weighted by atomic mass is 32.2.